The first-order valence-electron chi connectivity index (χ1n) is 11.0. The van der Waals surface area contributed by atoms with Gasteiger partial charge in [0.2, 0.25) is 0 Å². The fourth-order valence-electron chi connectivity index (χ4n) is 4.92. The summed E-state index contributed by atoms with van der Waals surface area (Å²) in [6.45, 7) is 6.17. The third-order valence-electron chi connectivity index (χ3n) is 6.70. The van der Waals surface area contributed by atoms with Crippen molar-refractivity contribution in [3.05, 3.63) is 79.3 Å². The second kappa shape index (κ2) is 8.26. The summed E-state index contributed by atoms with van der Waals surface area (Å²) in [4.78, 5) is 27.3. The van der Waals surface area contributed by atoms with Crippen molar-refractivity contribution < 1.29 is 0 Å². The molecule has 162 valence electrons. The number of nitrogens with one attached hydrogen (secondary N) is 1. The van der Waals surface area contributed by atoms with Gasteiger partial charge in [0, 0.05) is 48.2 Å². The van der Waals surface area contributed by atoms with Crippen LogP contribution >= 0.6 is 11.6 Å². The minimum atomic E-state index is -0.0338. The molecule has 0 unspecified atom stereocenters. The maximum atomic E-state index is 12.6. The predicted octanol–water partition coefficient (Wildman–Crippen LogP) is 2.93. The number of hydrogen-bond donors (Lipinski definition) is 1. The summed E-state index contributed by atoms with van der Waals surface area (Å²) in [5.74, 6) is 0. The molecular formula is C24H27ClN4O2. The van der Waals surface area contributed by atoms with Crippen molar-refractivity contribution in [3.63, 3.8) is 0 Å². The van der Waals surface area contributed by atoms with Gasteiger partial charge in [-0.1, -0.05) is 23.7 Å². The van der Waals surface area contributed by atoms with Gasteiger partial charge < -0.3 is 10.2 Å². The molecule has 5 rings (SSSR count). The van der Waals surface area contributed by atoms with Crippen molar-refractivity contribution in [1.29, 1.82) is 0 Å². The average molecular weight is 439 g/mol. The van der Waals surface area contributed by atoms with E-state index in [-0.39, 0.29) is 17.2 Å². The first-order valence-corrected chi connectivity index (χ1v) is 11.3. The second-order valence-electron chi connectivity index (χ2n) is 8.80. The fraction of sp³-hybridized carbons (Fsp3) is 0.417. The lowest BCUT2D eigenvalue weighted by Crippen LogP contribution is -2.44. The van der Waals surface area contributed by atoms with Crippen LogP contribution in [0.1, 0.15) is 30.0 Å². The topological polar surface area (TPSA) is 59.3 Å². The van der Waals surface area contributed by atoms with E-state index in [4.69, 9.17) is 11.6 Å². The van der Waals surface area contributed by atoms with Gasteiger partial charge in [-0.05, 0) is 62.2 Å². The van der Waals surface area contributed by atoms with Gasteiger partial charge in [-0.15, -0.1) is 0 Å². The van der Waals surface area contributed by atoms with Gasteiger partial charge >= 0.3 is 0 Å². The van der Waals surface area contributed by atoms with E-state index < -0.39 is 0 Å². The molecule has 1 fully saturated rings. The third-order valence-corrected chi connectivity index (χ3v) is 7.11. The zero-order valence-electron chi connectivity index (χ0n) is 17.7. The predicted molar refractivity (Wildman–Crippen MR) is 124 cm³/mol. The Morgan fingerprint density at radius 3 is 2.52 bits per heavy atom. The molecule has 1 N–H and O–H groups in total. The Balaban J connectivity index is 1.21. The highest BCUT2D eigenvalue weighted by Crippen LogP contribution is 2.25. The number of piperidine rings is 1. The molecule has 1 aromatic carbocycles. The summed E-state index contributed by atoms with van der Waals surface area (Å²) in [5, 5.41) is 5.42. The van der Waals surface area contributed by atoms with Crippen LogP contribution in [-0.2, 0) is 13.1 Å². The number of hydrogen-bond acceptors (Lipinski definition) is 4. The number of nitrogens with zero attached hydrogens (tertiary/aromatic N) is 3. The minimum Gasteiger partial charge on any atom is -0.310 e. The van der Waals surface area contributed by atoms with Gasteiger partial charge in [0.15, 0.2) is 0 Å². The SMILES string of the molecule is Cc1ccc(CNC2CCN(C[C@@H]3Cn4c(=O)ccc5ccc(=O)n3c54)CC2)cc1Cl. The van der Waals surface area contributed by atoms with E-state index in [1.165, 1.54) is 5.56 Å². The second-order valence-corrected chi connectivity index (χ2v) is 9.20. The van der Waals surface area contributed by atoms with Crippen LogP contribution in [0, 0.1) is 6.92 Å². The molecule has 2 aliphatic heterocycles. The van der Waals surface area contributed by atoms with E-state index in [0.29, 0.717) is 12.6 Å². The molecule has 2 aromatic heterocycles. The highest BCUT2D eigenvalue weighted by atomic mass is 35.5. The molecular weight excluding hydrogens is 412 g/mol. The smallest absolute Gasteiger partial charge is 0.252 e. The number of benzene rings is 1. The molecule has 1 saturated heterocycles. The fourth-order valence-corrected chi connectivity index (χ4v) is 5.12. The molecule has 0 saturated carbocycles. The summed E-state index contributed by atoms with van der Waals surface area (Å²) in [7, 11) is 0. The van der Waals surface area contributed by atoms with Crippen LogP contribution in [0.5, 0.6) is 0 Å². The summed E-state index contributed by atoms with van der Waals surface area (Å²) in [6, 6.07) is 13.5. The Hall–Kier alpha value is -2.41. The van der Waals surface area contributed by atoms with E-state index in [2.05, 4.69) is 22.3 Å². The number of aryl methyl sites for hydroxylation is 1. The van der Waals surface area contributed by atoms with Crippen LogP contribution in [0.4, 0.5) is 0 Å². The van der Waals surface area contributed by atoms with Gasteiger partial charge in [0.25, 0.3) is 11.1 Å². The highest BCUT2D eigenvalue weighted by molar-refractivity contribution is 6.31. The van der Waals surface area contributed by atoms with E-state index >= 15 is 0 Å². The quantitative estimate of drug-likeness (QED) is 0.665. The molecule has 0 amide bonds. The Bertz CT molecular complexity index is 1240. The highest BCUT2D eigenvalue weighted by Gasteiger charge is 2.29. The Kier molecular flexibility index (Phi) is 5.46. The molecule has 6 nitrogen and oxygen atoms in total. The van der Waals surface area contributed by atoms with Crippen LogP contribution < -0.4 is 16.4 Å². The van der Waals surface area contributed by atoms with E-state index in [9.17, 15) is 9.59 Å². The number of pyridine rings is 2. The van der Waals surface area contributed by atoms with Crippen molar-refractivity contribution >= 4 is 22.6 Å². The molecule has 0 aliphatic carbocycles. The molecule has 0 radical (unpaired) electrons. The summed E-state index contributed by atoms with van der Waals surface area (Å²) in [5.41, 5.74) is 3.01. The van der Waals surface area contributed by atoms with Crippen LogP contribution in [-0.4, -0.2) is 39.7 Å². The van der Waals surface area contributed by atoms with Gasteiger partial charge in [0.1, 0.15) is 5.65 Å². The van der Waals surface area contributed by atoms with Gasteiger partial charge in [0.05, 0.1) is 6.04 Å². The molecule has 4 heterocycles. The van der Waals surface area contributed by atoms with Crippen molar-refractivity contribution in [1.82, 2.24) is 19.4 Å². The first-order chi connectivity index (χ1) is 15.0. The number of halogens is 1. The molecule has 2 aliphatic rings. The Labute approximate surface area is 186 Å². The van der Waals surface area contributed by atoms with Crippen LogP contribution in [0.25, 0.3) is 11.0 Å². The van der Waals surface area contributed by atoms with Crippen LogP contribution in [0.3, 0.4) is 0 Å². The van der Waals surface area contributed by atoms with Gasteiger partial charge in [-0.3, -0.25) is 18.7 Å². The van der Waals surface area contributed by atoms with Crippen LogP contribution in [0.2, 0.25) is 5.02 Å². The summed E-state index contributed by atoms with van der Waals surface area (Å²) >= 11 is 6.24. The molecule has 31 heavy (non-hydrogen) atoms. The molecule has 7 heteroatoms. The summed E-state index contributed by atoms with van der Waals surface area (Å²) < 4.78 is 3.57. The molecule has 0 spiro atoms. The molecule has 3 aromatic rings. The lowest BCUT2D eigenvalue weighted by atomic mass is 10.0. The zero-order valence-corrected chi connectivity index (χ0v) is 18.4. The van der Waals surface area contributed by atoms with Crippen molar-refractivity contribution in [3.8, 4) is 0 Å². The van der Waals surface area contributed by atoms with Gasteiger partial charge in [-0.25, -0.2) is 0 Å². The molecule has 0 bridgehead atoms. The van der Waals surface area contributed by atoms with E-state index in [1.807, 2.05) is 29.7 Å². The lowest BCUT2D eigenvalue weighted by Gasteiger charge is -2.34. The van der Waals surface area contributed by atoms with E-state index in [1.54, 1.807) is 16.7 Å². The maximum absolute atomic E-state index is 12.6. The van der Waals surface area contributed by atoms with Crippen LogP contribution in [0.15, 0.2) is 52.1 Å². The Morgan fingerprint density at radius 1 is 1.03 bits per heavy atom. The summed E-state index contributed by atoms with van der Waals surface area (Å²) in [6.07, 6.45) is 2.14. The zero-order chi connectivity index (χ0) is 21.5. The van der Waals surface area contributed by atoms with Crippen molar-refractivity contribution in [2.45, 2.75) is 44.9 Å². The lowest BCUT2D eigenvalue weighted by molar-refractivity contribution is 0.171. The number of aromatic nitrogens is 2. The van der Waals surface area contributed by atoms with Crippen molar-refractivity contribution in [2.24, 2.45) is 0 Å². The van der Waals surface area contributed by atoms with Crippen molar-refractivity contribution in [2.75, 3.05) is 19.6 Å². The number of rotatable bonds is 5. The average Bonchev–Trinajstić information content (AvgIpc) is 3.15. The minimum absolute atomic E-state index is 0.00510. The standard InChI is InChI=1S/C24H27ClN4O2/c1-16-2-3-17(12-21(16)25)13-26-19-8-10-27(11-9-19)14-20-15-28-22(30)6-4-18-5-7-23(31)29(20)24(18)28/h2-7,12,19-20,26H,8-11,13-15H2,1H3/t20-/m1/s1. The monoisotopic (exact) mass is 438 g/mol. The Morgan fingerprint density at radius 2 is 1.77 bits per heavy atom. The first kappa shape index (κ1) is 20.5. The van der Waals surface area contributed by atoms with E-state index in [0.717, 1.165) is 60.6 Å². The molecule has 1 atom stereocenters. The normalized spacial score (nSPS) is 19.4. The van der Waals surface area contributed by atoms with Gasteiger partial charge in [-0.2, -0.15) is 0 Å². The maximum Gasteiger partial charge on any atom is 0.252 e. The largest absolute Gasteiger partial charge is 0.310 e. The number of likely N-dealkylation sites (tertiary alicyclic amines) is 1. The third kappa shape index (κ3) is 3.95.